The monoisotopic (exact) mass is 373 g/mol. The largest absolute Gasteiger partial charge is 0.434 e. The van der Waals surface area contributed by atoms with Crippen LogP contribution < -0.4 is 4.72 Å². The summed E-state index contributed by atoms with van der Waals surface area (Å²) in [6.45, 7) is 7.53. The molecular formula is C17H22F3N3OS. The minimum absolute atomic E-state index is 0.152. The first kappa shape index (κ1) is 19.7. The van der Waals surface area contributed by atoms with Gasteiger partial charge in [0.05, 0.1) is 15.7 Å². The van der Waals surface area contributed by atoms with Crippen LogP contribution >= 0.6 is 0 Å². The lowest BCUT2D eigenvalue weighted by atomic mass is 10.1. The molecule has 0 saturated carbocycles. The number of hydrogen-bond donors (Lipinski definition) is 1. The van der Waals surface area contributed by atoms with Crippen molar-refractivity contribution < 1.29 is 17.4 Å². The molecule has 1 aromatic carbocycles. The van der Waals surface area contributed by atoms with Gasteiger partial charge in [0.25, 0.3) is 0 Å². The Balaban J connectivity index is 2.20. The van der Waals surface area contributed by atoms with Crippen molar-refractivity contribution in [2.24, 2.45) is 7.05 Å². The molecule has 0 unspecified atom stereocenters. The van der Waals surface area contributed by atoms with E-state index in [1.165, 1.54) is 11.6 Å². The van der Waals surface area contributed by atoms with E-state index in [2.05, 4.69) is 9.71 Å². The molecule has 4 nitrogen and oxygen atoms in total. The van der Waals surface area contributed by atoms with Gasteiger partial charge in [0, 0.05) is 24.8 Å². The van der Waals surface area contributed by atoms with E-state index in [0.29, 0.717) is 5.56 Å². The highest BCUT2D eigenvalue weighted by atomic mass is 32.2. The Morgan fingerprint density at radius 1 is 1.16 bits per heavy atom. The lowest BCUT2D eigenvalue weighted by Crippen LogP contribution is -2.34. The first-order valence-corrected chi connectivity index (χ1v) is 8.93. The number of alkyl halides is 3. The van der Waals surface area contributed by atoms with Crippen LogP contribution in [0.25, 0.3) is 11.4 Å². The number of nitrogens with zero attached hydrogens (tertiary/aromatic N) is 2. The molecule has 2 rings (SSSR count). The molecule has 1 aromatic heterocycles. The smallest absolute Gasteiger partial charge is 0.333 e. The first-order chi connectivity index (χ1) is 11.4. The SMILES string of the molecule is C[C@H](N[S@](=O)C(C)(C)C)c1ccc(-c2nc(C(F)(F)F)cn2C)cc1. The zero-order valence-electron chi connectivity index (χ0n) is 14.8. The molecule has 0 aliphatic rings. The van der Waals surface area contributed by atoms with Crippen molar-refractivity contribution in [3.8, 4) is 11.4 Å². The normalized spacial score (nSPS) is 15.2. The fourth-order valence-electron chi connectivity index (χ4n) is 2.20. The van der Waals surface area contributed by atoms with Gasteiger partial charge in [-0.2, -0.15) is 13.2 Å². The molecule has 1 heterocycles. The molecule has 25 heavy (non-hydrogen) atoms. The number of halogens is 3. The van der Waals surface area contributed by atoms with Crippen molar-refractivity contribution >= 4 is 11.0 Å². The highest BCUT2D eigenvalue weighted by Crippen LogP contribution is 2.31. The van der Waals surface area contributed by atoms with Gasteiger partial charge in [0.1, 0.15) is 5.82 Å². The third-order valence-electron chi connectivity index (χ3n) is 3.68. The fraction of sp³-hybridized carbons (Fsp3) is 0.471. The summed E-state index contributed by atoms with van der Waals surface area (Å²) in [6, 6.07) is 6.89. The van der Waals surface area contributed by atoms with Crippen LogP contribution in [-0.2, 0) is 24.2 Å². The standard InChI is InChI=1S/C17H22F3N3OS/c1-11(22-25(24)16(2,3)4)12-6-8-13(9-7-12)15-21-14(10-23(15)5)17(18,19)20/h6-11,22H,1-5H3/t11-,25+/m0/s1. The number of nitrogens with one attached hydrogen (secondary N) is 1. The highest BCUT2D eigenvalue weighted by molar-refractivity contribution is 7.84. The molecule has 0 saturated heterocycles. The van der Waals surface area contributed by atoms with E-state index in [9.17, 15) is 17.4 Å². The third-order valence-corrected chi connectivity index (χ3v) is 5.36. The maximum Gasteiger partial charge on any atom is 0.434 e. The molecular weight excluding hydrogens is 351 g/mol. The topological polar surface area (TPSA) is 46.9 Å². The molecule has 0 amide bonds. The number of aromatic nitrogens is 2. The number of imidazole rings is 1. The van der Waals surface area contributed by atoms with Crippen LogP contribution in [0.15, 0.2) is 30.5 Å². The summed E-state index contributed by atoms with van der Waals surface area (Å²) >= 11 is 0. The number of aryl methyl sites for hydroxylation is 1. The molecule has 2 aromatic rings. The van der Waals surface area contributed by atoms with E-state index in [1.54, 1.807) is 24.3 Å². The van der Waals surface area contributed by atoms with Gasteiger partial charge in [0.15, 0.2) is 5.69 Å². The van der Waals surface area contributed by atoms with E-state index >= 15 is 0 Å². The Labute approximate surface area is 148 Å². The van der Waals surface area contributed by atoms with Gasteiger partial charge in [-0.25, -0.2) is 13.9 Å². The van der Waals surface area contributed by atoms with Crippen molar-refractivity contribution in [3.05, 3.63) is 41.7 Å². The van der Waals surface area contributed by atoms with Crippen molar-refractivity contribution in [2.75, 3.05) is 0 Å². The summed E-state index contributed by atoms with van der Waals surface area (Å²) in [4.78, 5) is 3.68. The van der Waals surface area contributed by atoms with Crippen LogP contribution in [0.1, 0.15) is 45.0 Å². The Morgan fingerprint density at radius 2 is 1.72 bits per heavy atom. The predicted molar refractivity (Wildman–Crippen MR) is 93.1 cm³/mol. The van der Waals surface area contributed by atoms with Gasteiger partial charge in [-0.1, -0.05) is 24.3 Å². The van der Waals surface area contributed by atoms with E-state index < -0.39 is 22.9 Å². The van der Waals surface area contributed by atoms with E-state index in [0.717, 1.165) is 11.8 Å². The predicted octanol–water partition coefficient (Wildman–Crippen LogP) is 4.22. The molecule has 0 fully saturated rings. The van der Waals surface area contributed by atoms with Crippen molar-refractivity contribution in [1.82, 2.24) is 14.3 Å². The van der Waals surface area contributed by atoms with Gasteiger partial charge < -0.3 is 4.57 Å². The van der Waals surface area contributed by atoms with Crippen molar-refractivity contribution in [2.45, 2.75) is 44.7 Å². The molecule has 138 valence electrons. The van der Waals surface area contributed by atoms with Crippen molar-refractivity contribution in [3.63, 3.8) is 0 Å². The molecule has 8 heteroatoms. The molecule has 0 aliphatic heterocycles. The summed E-state index contributed by atoms with van der Waals surface area (Å²) < 4.78 is 54.5. The second-order valence-corrected chi connectivity index (χ2v) is 8.90. The van der Waals surface area contributed by atoms with Crippen LogP contribution in [0.3, 0.4) is 0 Å². The van der Waals surface area contributed by atoms with Crippen LogP contribution in [0.5, 0.6) is 0 Å². The van der Waals surface area contributed by atoms with Crippen LogP contribution in [0.4, 0.5) is 13.2 Å². The lowest BCUT2D eigenvalue weighted by Gasteiger charge is -2.22. The molecule has 0 bridgehead atoms. The van der Waals surface area contributed by atoms with Gasteiger partial charge >= 0.3 is 6.18 Å². The average molecular weight is 373 g/mol. The van der Waals surface area contributed by atoms with Crippen molar-refractivity contribution in [1.29, 1.82) is 0 Å². The maximum atomic E-state index is 12.8. The number of rotatable bonds is 4. The summed E-state index contributed by atoms with van der Waals surface area (Å²) in [5.74, 6) is 0.248. The molecule has 0 spiro atoms. The van der Waals surface area contributed by atoms with Gasteiger partial charge in [0.2, 0.25) is 0 Å². The summed E-state index contributed by atoms with van der Waals surface area (Å²) in [6.07, 6.45) is -3.49. The molecule has 0 radical (unpaired) electrons. The Kier molecular flexibility index (Phi) is 5.44. The highest BCUT2D eigenvalue weighted by Gasteiger charge is 2.34. The Hall–Kier alpha value is -1.67. The van der Waals surface area contributed by atoms with E-state index in [1.807, 2.05) is 27.7 Å². The minimum Gasteiger partial charge on any atom is -0.333 e. The second kappa shape index (κ2) is 6.92. The first-order valence-electron chi connectivity index (χ1n) is 7.78. The average Bonchev–Trinajstić information content (AvgIpc) is 2.88. The molecule has 1 N–H and O–H groups in total. The lowest BCUT2D eigenvalue weighted by molar-refractivity contribution is -0.140. The van der Waals surface area contributed by atoms with Gasteiger partial charge in [-0.05, 0) is 33.3 Å². The van der Waals surface area contributed by atoms with Gasteiger partial charge in [-0.3, -0.25) is 0 Å². The Bertz CT molecular complexity index is 761. The maximum absolute atomic E-state index is 12.8. The molecule has 0 aliphatic carbocycles. The number of benzene rings is 1. The molecule has 2 atom stereocenters. The Morgan fingerprint density at radius 3 is 2.16 bits per heavy atom. The fourth-order valence-corrected chi connectivity index (χ4v) is 3.01. The van der Waals surface area contributed by atoms with E-state index in [4.69, 9.17) is 0 Å². The van der Waals surface area contributed by atoms with Crippen LogP contribution in [0, 0.1) is 0 Å². The second-order valence-electron chi connectivity index (χ2n) is 6.90. The zero-order valence-corrected chi connectivity index (χ0v) is 15.6. The van der Waals surface area contributed by atoms with Gasteiger partial charge in [-0.15, -0.1) is 0 Å². The third kappa shape index (κ3) is 4.70. The summed E-state index contributed by atoms with van der Waals surface area (Å²) in [7, 11) is 0.319. The number of hydrogen-bond acceptors (Lipinski definition) is 2. The quantitative estimate of drug-likeness (QED) is 0.872. The zero-order chi connectivity index (χ0) is 19.0. The van der Waals surface area contributed by atoms with Crippen LogP contribution in [-0.4, -0.2) is 18.5 Å². The summed E-state index contributed by atoms with van der Waals surface area (Å²) in [5.41, 5.74) is 0.571. The minimum atomic E-state index is -4.47. The summed E-state index contributed by atoms with van der Waals surface area (Å²) in [5, 5.41) is 0. The van der Waals surface area contributed by atoms with E-state index in [-0.39, 0.29) is 16.6 Å². The van der Waals surface area contributed by atoms with Crippen LogP contribution in [0.2, 0.25) is 0 Å².